The van der Waals surface area contributed by atoms with Crippen LogP contribution < -0.4 is 5.32 Å². The maximum atomic E-state index is 12.2. The molecule has 1 heterocycles. The van der Waals surface area contributed by atoms with Gasteiger partial charge in [-0.15, -0.1) is 12.4 Å². The van der Waals surface area contributed by atoms with E-state index in [1.165, 1.54) is 0 Å². The molecule has 5 nitrogen and oxygen atoms in total. The number of likely N-dealkylation sites (N-methyl/N-ethyl adjacent to an activating group) is 1. The molecule has 1 N–H and O–H groups in total. The fourth-order valence-electron chi connectivity index (χ4n) is 2.03. The van der Waals surface area contributed by atoms with E-state index in [1.54, 1.807) is 11.9 Å². The molecule has 124 valence electrons. The van der Waals surface area contributed by atoms with Gasteiger partial charge in [0.05, 0.1) is 6.54 Å². The summed E-state index contributed by atoms with van der Waals surface area (Å²) in [4.78, 5) is 27.7. The molecular formula is C15H30ClN3O2. The van der Waals surface area contributed by atoms with Gasteiger partial charge < -0.3 is 15.1 Å². The van der Waals surface area contributed by atoms with Crippen LogP contribution in [0.3, 0.4) is 0 Å². The van der Waals surface area contributed by atoms with Crippen LogP contribution in [0.25, 0.3) is 0 Å². The highest BCUT2D eigenvalue weighted by atomic mass is 35.5. The van der Waals surface area contributed by atoms with Crippen molar-refractivity contribution >= 4 is 24.2 Å². The van der Waals surface area contributed by atoms with Gasteiger partial charge in [0.1, 0.15) is 0 Å². The first-order valence-corrected chi connectivity index (χ1v) is 7.44. The maximum absolute atomic E-state index is 12.2. The van der Waals surface area contributed by atoms with E-state index in [0.717, 1.165) is 26.2 Å². The summed E-state index contributed by atoms with van der Waals surface area (Å²) < 4.78 is 0. The van der Waals surface area contributed by atoms with E-state index < -0.39 is 0 Å². The second-order valence-corrected chi connectivity index (χ2v) is 6.85. The summed E-state index contributed by atoms with van der Waals surface area (Å²) in [7, 11) is 1.72. The van der Waals surface area contributed by atoms with E-state index in [1.807, 2.05) is 4.90 Å². The van der Waals surface area contributed by atoms with Gasteiger partial charge in [-0.1, -0.05) is 27.7 Å². The molecule has 2 amide bonds. The van der Waals surface area contributed by atoms with Crippen molar-refractivity contribution in [1.82, 2.24) is 15.1 Å². The zero-order valence-corrected chi connectivity index (χ0v) is 14.8. The van der Waals surface area contributed by atoms with E-state index in [9.17, 15) is 9.59 Å². The highest BCUT2D eigenvalue weighted by molar-refractivity contribution is 5.85. The summed E-state index contributed by atoms with van der Waals surface area (Å²) in [6.45, 7) is 11.8. The Morgan fingerprint density at radius 2 is 1.76 bits per heavy atom. The lowest BCUT2D eigenvalue weighted by Gasteiger charge is -2.31. The van der Waals surface area contributed by atoms with Gasteiger partial charge in [0.25, 0.3) is 0 Å². The molecule has 0 aromatic heterocycles. The highest BCUT2D eigenvalue weighted by Crippen LogP contribution is 2.28. The van der Waals surface area contributed by atoms with Crippen molar-refractivity contribution < 1.29 is 9.59 Å². The summed E-state index contributed by atoms with van der Waals surface area (Å²) in [5.41, 5.74) is 0.110. The van der Waals surface area contributed by atoms with Crippen LogP contribution in [-0.4, -0.2) is 61.4 Å². The van der Waals surface area contributed by atoms with E-state index in [4.69, 9.17) is 0 Å². The number of amides is 2. The standard InChI is InChI=1S/C15H29N3O2.ClH/c1-12(15(2,3)4)10-13(19)17(5)11-14(20)18-8-6-16-7-9-18;/h12,16H,6-11H2,1-5H3;1H. The van der Waals surface area contributed by atoms with Gasteiger partial charge in [-0.3, -0.25) is 9.59 Å². The van der Waals surface area contributed by atoms with Crippen molar-refractivity contribution in [1.29, 1.82) is 0 Å². The van der Waals surface area contributed by atoms with Crippen LogP contribution in [0.2, 0.25) is 0 Å². The predicted octanol–water partition coefficient (Wildman–Crippen LogP) is 1.37. The van der Waals surface area contributed by atoms with Crippen LogP contribution >= 0.6 is 12.4 Å². The second-order valence-electron chi connectivity index (χ2n) is 6.85. The first kappa shape index (κ1) is 20.2. The lowest BCUT2D eigenvalue weighted by molar-refractivity contribution is -0.140. The molecular weight excluding hydrogens is 290 g/mol. The van der Waals surface area contributed by atoms with Crippen LogP contribution in [0, 0.1) is 11.3 Å². The molecule has 0 aliphatic carbocycles. The Hall–Kier alpha value is -0.810. The zero-order valence-electron chi connectivity index (χ0n) is 13.9. The number of halogens is 1. The molecule has 1 atom stereocenters. The van der Waals surface area contributed by atoms with E-state index in [-0.39, 0.29) is 36.2 Å². The van der Waals surface area contributed by atoms with Crippen molar-refractivity contribution in [3.63, 3.8) is 0 Å². The van der Waals surface area contributed by atoms with Crippen molar-refractivity contribution in [2.24, 2.45) is 11.3 Å². The molecule has 6 heteroatoms. The van der Waals surface area contributed by atoms with Crippen molar-refractivity contribution in [2.45, 2.75) is 34.1 Å². The molecule has 21 heavy (non-hydrogen) atoms. The molecule has 0 radical (unpaired) electrons. The second kappa shape index (κ2) is 8.59. The van der Waals surface area contributed by atoms with E-state index in [0.29, 0.717) is 12.3 Å². The monoisotopic (exact) mass is 319 g/mol. The van der Waals surface area contributed by atoms with Gasteiger partial charge in [0.15, 0.2) is 0 Å². The lowest BCUT2D eigenvalue weighted by Crippen LogP contribution is -2.50. The molecule has 0 spiro atoms. The summed E-state index contributed by atoms with van der Waals surface area (Å²) in [6.07, 6.45) is 0.495. The van der Waals surface area contributed by atoms with Crippen molar-refractivity contribution in [3.05, 3.63) is 0 Å². The number of piperazine rings is 1. The third kappa shape index (κ3) is 6.66. The predicted molar refractivity (Wildman–Crippen MR) is 87.6 cm³/mol. The third-order valence-electron chi connectivity index (χ3n) is 4.23. The van der Waals surface area contributed by atoms with Crippen LogP contribution in [0.5, 0.6) is 0 Å². The minimum Gasteiger partial charge on any atom is -0.339 e. The average Bonchev–Trinajstić information content (AvgIpc) is 2.38. The highest BCUT2D eigenvalue weighted by Gasteiger charge is 2.25. The van der Waals surface area contributed by atoms with Crippen LogP contribution in [0.15, 0.2) is 0 Å². The first-order valence-electron chi connectivity index (χ1n) is 7.44. The van der Waals surface area contributed by atoms with Crippen molar-refractivity contribution in [3.8, 4) is 0 Å². The Morgan fingerprint density at radius 3 is 2.24 bits per heavy atom. The average molecular weight is 320 g/mol. The molecule has 0 aromatic rings. The molecule has 1 unspecified atom stereocenters. The molecule has 0 bridgehead atoms. The molecule has 0 saturated carbocycles. The number of hydrogen-bond donors (Lipinski definition) is 1. The summed E-state index contributed by atoms with van der Waals surface area (Å²) in [6, 6.07) is 0. The van der Waals surface area contributed by atoms with Crippen LogP contribution in [0.4, 0.5) is 0 Å². The Kier molecular flexibility index (Phi) is 8.26. The van der Waals surface area contributed by atoms with Gasteiger partial charge in [-0.05, 0) is 11.3 Å². The van der Waals surface area contributed by atoms with Crippen molar-refractivity contribution in [2.75, 3.05) is 39.8 Å². The van der Waals surface area contributed by atoms with E-state index in [2.05, 4.69) is 33.0 Å². The normalized spacial score (nSPS) is 16.9. The minimum atomic E-state index is 0. The quantitative estimate of drug-likeness (QED) is 0.851. The number of carbonyl (C=O) groups is 2. The minimum absolute atomic E-state index is 0. The smallest absolute Gasteiger partial charge is 0.242 e. The van der Waals surface area contributed by atoms with Gasteiger partial charge in [0, 0.05) is 39.6 Å². The van der Waals surface area contributed by atoms with Gasteiger partial charge >= 0.3 is 0 Å². The van der Waals surface area contributed by atoms with Gasteiger partial charge in [-0.2, -0.15) is 0 Å². The molecule has 1 aliphatic rings. The van der Waals surface area contributed by atoms with Crippen LogP contribution in [-0.2, 0) is 9.59 Å². The number of carbonyl (C=O) groups excluding carboxylic acids is 2. The lowest BCUT2D eigenvalue weighted by atomic mass is 9.80. The fraction of sp³-hybridized carbons (Fsp3) is 0.867. The zero-order chi connectivity index (χ0) is 15.3. The largest absolute Gasteiger partial charge is 0.339 e. The number of rotatable bonds is 4. The fourth-order valence-corrected chi connectivity index (χ4v) is 2.03. The number of nitrogens with one attached hydrogen (secondary N) is 1. The van der Waals surface area contributed by atoms with E-state index >= 15 is 0 Å². The summed E-state index contributed by atoms with van der Waals surface area (Å²) in [5, 5.41) is 3.21. The molecule has 1 fully saturated rings. The molecule has 1 saturated heterocycles. The summed E-state index contributed by atoms with van der Waals surface area (Å²) >= 11 is 0. The molecule has 1 aliphatic heterocycles. The molecule has 0 aromatic carbocycles. The SMILES string of the molecule is CC(CC(=O)N(C)CC(=O)N1CCNCC1)C(C)(C)C.Cl. The first-order chi connectivity index (χ1) is 9.21. The van der Waals surface area contributed by atoms with Gasteiger partial charge in [-0.25, -0.2) is 0 Å². The topological polar surface area (TPSA) is 52.7 Å². The van der Waals surface area contributed by atoms with Gasteiger partial charge in [0.2, 0.25) is 11.8 Å². The maximum Gasteiger partial charge on any atom is 0.242 e. The summed E-state index contributed by atoms with van der Waals surface area (Å²) in [5.74, 6) is 0.397. The van der Waals surface area contributed by atoms with Crippen LogP contribution in [0.1, 0.15) is 34.1 Å². The number of hydrogen-bond acceptors (Lipinski definition) is 3. The third-order valence-corrected chi connectivity index (χ3v) is 4.23. The molecule has 1 rings (SSSR count). The Morgan fingerprint density at radius 1 is 1.24 bits per heavy atom. The Balaban J connectivity index is 0.00000400. The number of nitrogens with zero attached hydrogens (tertiary/aromatic N) is 2. The Labute approximate surface area is 134 Å². The Bertz CT molecular complexity index is 349.